The fourth-order valence-electron chi connectivity index (χ4n) is 1.90. The second-order valence-electron chi connectivity index (χ2n) is 4.87. The molecular formula is C13H18N4O2S. The van der Waals surface area contributed by atoms with Crippen molar-refractivity contribution in [1.29, 1.82) is 0 Å². The topological polar surface area (TPSA) is 101 Å². The normalized spacial score (nSPS) is 11.6. The smallest absolute Gasteiger partial charge is 0.262 e. The largest absolute Gasteiger partial charge is 0.398 e. The van der Waals surface area contributed by atoms with Gasteiger partial charge in [0.05, 0.1) is 22.0 Å². The van der Waals surface area contributed by atoms with E-state index >= 15 is 0 Å². The van der Waals surface area contributed by atoms with Crippen LogP contribution in [0.25, 0.3) is 0 Å². The molecule has 0 saturated heterocycles. The number of nitrogen functional groups attached to an aromatic ring is 1. The lowest BCUT2D eigenvalue weighted by Gasteiger charge is -2.11. The average Bonchev–Trinajstić information content (AvgIpc) is 2.66. The minimum Gasteiger partial charge on any atom is -0.398 e. The van der Waals surface area contributed by atoms with E-state index in [0.29, 0.717) is 22.8 Å². The molecule has 0 saturated carbocycles. The Morgan fingerprint density at radius 3 is 2.35 bits per heavy atom. The Morgan fingerprint density at radius 1 is 1.20 bits per heavy atom. The van der Waals surface area contributed by atoms with Gasteiger partial charge in [0.25, 0.3) is 10.0 Å². The molecule has 20 heavy (non-hydrogen) atoms. The van der Waals surface area contributed by atoms with Crippen LogP contribution in [-0.4, -0.2) is 18.6 Å². The first-order valence-corrected chi connectivity index (χ1v) is 7.62. The van der Waals surface area contributed by atoms with Crippen molar-refractivity contribution < 1.29 is 8.42 Å². The number of nitrogens with two attached hydrogens (primary N) is 1. The molecule has 0 spiro atoms. The number of nitrogens with one attached hydrogen (secondary N) is 2. The molecule has 2 rings (SSSR count). The van der Waals surface area contributed by atoms with Gasteiger partial charge in [0.1, 0.15) is 0 Å². The summed E-state index contributed by atoms with van der Waals surface area (Å²) in [5, 5.41) is 6.71. The van der Waals surface area contributed by atoms with Gasteiger partial charge < -0.3 is 5.73 Å². The van der Waals surface area contributed by atoms with Crippen LogP contribution in [-0.2, 0) is 10.0 Å². The summed E-state index contributed by atoms with van der Waals surface area (Å²) in [6.07, 6.45) is 0. The third-order valence-corrected chi connectivity index (χ3v) is 4.69. The Kier molecular flexibility index (Phi) is 3.47. The van der Waals surface area contributed by atoms with Gasteiger partial charge in [0, 0.05) is 5.69 Å². The zero-order chi connectivity index (χ0) is 15.1. The van der Waals surface area contributed by atoms with Crippen LogP contribution < -0.4 is 10.5 Å². The summed E-state index contributed by atoms with van der Waals surface area (Å²) >= 11 is 0. The molecule has 6 nitrogen and oxygen atoms in total. The first kappa shape index (κ1) is 14.4. The van der Waals surface area contributed by atoms with Gasteiger partial charge in [-0.15, -0.1) is 0 Å². The summed E-state index contributed by atoms with van der Waals surface area (Å²) in [5.41, 5.74) is 9.78. The Balaban J connectivity index is 2.46. The van der Waals surface area contributed by atoms with Crippen LogP contribution in [0.1, 0.15) is 22.5 Å². The van der Waals surface area contributed by atoms with Crippen LogP contribution in [0, 0.1) is 27.7 Å². The summed E-state index contributed by atoms with van der Waals surface area (Å²) in [4.78, 5) is 0.151. The van der Waals surface area contributed by atoms with Gasteiger partial charge in [-0.1, -0.05) is 0 Å². The molecule has 0 unspecified atom stereocenters. The molecule has 1 aromatic heterocycles. The second-order valence-corrected chi connectivity index (χ2v) is 6.55. The van der Waals surface area contributed by atoms with E-state index in [1.807, 2.05) is 13.8 Å². The molecule has 1 heterocycles. The van der Waals surface area contributed by atoms with E-state index in [0.717, 1.165) is 11.1 Å². The number of H-pyrrole nitrogens is 1. The first-order valence-electron chi connectivity index (χ1n) is 6.13. The predicted octanol–water partition coefficient (Wildman–Crippen LogP) is 2.03. The van der Waals surface area contributed by atoms with Crippen molar-refractivity contribution in [3.05, 3.63) is 34.6 Å². The lowest BCUT2D eigenvalue weighted by atomic mass is 10.1. The monoisotopic (exact) mass is 294 g/mol. The molecule has 0 atom stereocenters. The van der Waals surface area contributed by atoms with Crippen LogP contribution in [0.4, 0.5) is 11.4 Å². The number of aromatic nitrogens is 2. The SMILES string of the molecule is Cc1cc(S(=O)(=O)Nc2c(C)n[nH]c2C)cc(N)c1C. The van der Waals surface area contributed by atoms with Gasteiger partial charge in [-0.05, 0) is 51.0 Å². The Bertz CT molecular complexity index is 720. The highest BCUT2D eigenvalue weighted by atomic mass is 32.2. The molecule has 0 bridgehead atoms. The molecular weight excluding hydrogens is 276 g/mol. The number of hydrogen-bond acceptors (Lipinski definition) is 4. The molecule has 2 aromatic rings. The summed E-state index contributed by atoms with van der Waals surface area (Å²) in [5.74, 6) is 0. The average molecular weight is 294 g/mol. The number of benzene rings is 1. The van der Waals surface area contributed by atoms with E-state index < -0.39 is 10.0 Å². The molecule has 0 aliphatic carbocycles. The maximum atomic E-state index is 12.4. The number of aromatic amines is 1. The molecule has 1 aromatic carbocycles. The number of sulfonamides is 1. The maximum absolute atomic E-state index is 12.4. The molecule has 0 fully saturated rings. The Hall–Kier alpha value is -2.02. The van der Waals surface area contributed by atoms with E-state index in [4.69, 9.17) is 5.73 Å². The van der Waals surface area contributed by atoms with E-state index in [1.54, 1.807) is 19.9 Å². The molecule has 0 aliphatic rings. The highest BCUT2D eigenvalue weighted by Gasteiger charge is 2.19. The third-order valence-electron chi connectivity index (χ3n) is 3.36. The van der Waals surface area contributed by atoms with Gasteiger partial charge in [-0.3, -0.25) is 9.82 Å². The van der Waals surface area contributed by atoms with E-state index in [2.05, 4.69) is 14.9 Å². The molecule has 7 heteroatoms. The van der Waals surface area contributed by atoms with Crippen LogP contribution >= 0.6 is 0 Å². The van der Waals surface area contributed by atoms with Crippen molar-refractivity contribution in [3.8, 4) is 0 Å². The van der Waals surface area contributed by atoms with E-state index in [1.165, 1.54) is 6.07 Å². The fourth-order valence-corrected chi connectivity index (χ4v) is 3.20. The predicted molar refractivity (Wildman–Crippen MR) is 79.2 cm³/mol. The minimum absolute atomic E-state index is 0.151. The van der Waals surface area contributed by atoms with Gasteiger partial charge in [-0.2, -0.15) is 5.10 Å². The van der Waals surface area contributed by atoms with Crippen LogP contribution in [0.3, 0.4) is 0 Å². The molecule has 108 valence electrons. The summed E-state index contributed by atoms with van der Waals surface area (Å²) in [7, 11) is -3.68. The number of hydrogen-bond donors (Lipinski definition) is 3. The van der Waals surface area contributed by atoms with Gasteiger partial charge in [0.2, 0.25) is 0 Å². The van der Waals surface area contributed by atoms with Crippen LogP contribution in [0.2, 0.25) is 0 Å². The Morgan fingerprint density at radius 2 is 1.85 bits per heavy atom. The lowest BCUT2D eigenvalue weighted by molar-refractivity contribution is 0.601. The minimum atomic E-state index is -3.68. The highest BCUT2D eigenvalue weighted by molar-refractivity contribution is 7.92. The highest BCUT2D eigenvalue weighted by Crippen LogP contribution is 2.25. The summed E-state index contributed by atoms with van der Waals surface area (Å²) in [6.45, 7) is 7.18. The number of rotatable bonds is 3. The third kappa shape index (κ3) is 2.49. The zero-order valence-corrected chi connectivity index (χ0v) is 12.7. The van der Waals surface area contributed by atoms with Crippen molar-refractivity contribution in [2.24, 2.45) is 0 Å². The number of aryl methyl sites for hydroxylation is 3. The van der Waals surface area contributed by atoms with Gasteiger partial charge in [0.15, 0.2) is 0 Å². The van der Waals surface area contributed by atoms with Crippen LogP contribution in [0.15, 0.2) is 17.0 Å². The van der Waals surface area contributed by atoms with Crippen LogP contribution in [0.5, 0.6) is 0 Å². The van der Waals surface area contributed by atoms with Gasteiger partial charge in [-0.25, -0.2) is 8.42 Å². The molecule has 4 N–H and O–H groups in total. The van der Waals surface area contributed by atoms with Crippen molar-refractivity contribution in [3.63, 3.8) is 0 Å². The number of anilines is 2. The number of nitrogens with zero attached hydrogens (tertiary/aromatic N) is 1. The summed E-state index contributed by atoms with van der Waals surface area (Å²) in [6, 6.07) is 3.08. The van der Waals surface area contributed by atoms with E-state index in [9.17, 15) is 8.42 Å². The standard InChI is InChI=1S/C13H18N4O2S/c1-7-5-11(6-12(14)8(7)2)20(18,19)17-13-9(3)15-16-10(13)4/h5-6,17H,14H2,1-4H3,(H,15,16). The maximum Gasteiger partial charge on any atom is 0.262 e. The molecule has 0 radical (unpaired) electrons. The lowest BCUT2D eigenvalue weighted by Crippen LogP contribution is -2.15. The Labute approximate surface area is 118 Å². The van der Waals surface area contributed by atoms with Gasteiger partial charge >= 0.3 is 0 Å². The van der Waals surface area contributed by atoms with E-state index in [-0.39, 0.29) is 4.90 Å². The fraction of sp³-hybridized carbons (Fsp3) is 0.308. The van der Waals surface area contributed by atoms with Crippen molar-refractivity contribution in [2.75, 3.05) is 10.5 Å². The van der Waals surface area contributed by atoms with Crippen molar-refractivity contribution in [2.45, 2.75) is 32.6 Å². The molecule has 0 amide bonds. The zero-order valence-electron chi connectivity index (χ0n) is 11.9. The first-order chi connectivity index (χ1) is 9.22. The summed E-state index contributed by atoms with van der Waals surface area (Å²) < 4.78 is 27.4. The van der Waals surface area contributed by atoms with Crippen molar-refractivity contribution in [1.82, 2.24) is 10.2 Å². The molecule has 0 aliphatic heterocycles. The second kappa shape index (κ2) is 4.82. The van der Waals surface area contributed by atoms with Crippen molar-refractivity contribution >= 4 is 21.4 Å². The quantitative estimate of drug-likeness (QED) is 0.754.